The van der Waals surface area contributed by atoms with Crippen molar-refractivity contribution in [2.45, 2.75) is 19.9 Å². The lowest BCUT2D eigenvalue weighted by Crippen LogP contribution is -2.39. The van der Waals surface area contributed by atoms with Crippen LogP contribution in [0.15, 0.2) is 0 Å². The van der Waals surface area contributed by atoms with Crippen molar-refractivity contribution in [1.29, 1.82) is 0 Å². The number of aromatic nitrogens is 2. The van der Waals surface area contributed by atoms with Crippen molar-refractivity contribution >= 4 is 17.7 Å². The Labute approximate surface area is 123 Å². The van der Waals surface area contributed by atoms with Gasteiger partial charge in [0.05, 0.1) is 14.2 Å². The summed E-state index contributed by atoms with van der Waals surface area (Å²) in [4.78, 5) is 20.5. The van der Waals surface area contributed by atoms with Gasteiger partial charge in [-0.3, -0.25) is 0 Å². The van der Waals surface area contributed by atoms with Crippen LogP contribution in [0.25, 0.3) is 0 Å². The molecule has 1 aromatic heterocycles. The molecule has 1 heterocycles. The molecule has 118 valence electrons. The molecule has 0 spiro atoms. The number of carboxylic acid groups (broad SMARTS) is 1. The lowest BCUT2D eigenvalue weighted by atomic mass is 10.3. The third-order valence-electron chi connectivity index (χ3n) is 2.77. The zero-order valence-corrected chi connectivity index (χ0v) is 12.6. The molecule has 1 aromatic rings. The first-order chi connectivity index (χ1) is 9.90. The quantitative estimate of drug-likeness (QED) is 0.678. The van der Waals surface area contributed by atoms with E-state index in [0.29, 0.717) is 13.1 Å². The molecule has 0 aliphatic carbocycles. The maximum atomic E-state index is 11.0. The number of nitrogens with zero attached hydrogens (tertiary/aromatic N) is 3. The number of hydrogen-bond acceptors (Lipinski definition) is 7. The summed E-state index contributed by atoms with van der Waals surface area (Å²) in [6, 6.07) is -0.110. The summed E-state index contributed by atoms with van der Waals surface area (Å²) in [6.07, 6.45) is -0.972. The number of anilines is 2. The summed E-state index contributed by atoms with van der Waals surface area (Å²) in [7, 11) is 2.87. The molecule has 1 amide bonds. The minimum absolute atomic E-state index is 0.110. The number of methoxy groups -OCH3 is 2. The molecule has 0 saturated carbocycles. The van der Waals surface area contributed by atoms with Crippen molar-refractivity contribution in [3.05, 3.63) is 0 Å². The first kappa shape index (κ1) is 16.6. The molecule has 0 radical (unpaired) electrons. The van der Waals surface area contributed by atoms with E-state index in [-0.39, 0.29) is 29.4 Å². The Balaban J connectivity index is 2.73. The van der Waals surface area contributed by atoms with E-state index in [9.17, 15) is 4.79 Å². The Morgan fingerprint density at radius 1 is 1.33 bits per heavy atom. The highest BCUT2D eigenvalue weighted by Crippen LogP contribution is 2.28. The Morgan fingerprint density at radius 3 is 2.24 bits per heavy atom. The van der Waals surface area contributed by atoms with Crippen LogP contribution < -0.4 is 20.5 Å². The third-order valence-corrected chi connectivity index (χ3v) is 2.77. The fourth-order valence-corrected chi connectivity index (χ4v) is 1.68. The van der Waals surface area contributed by atoms with E-state index in [1.165, 1.54) is 19.1 Å². The average molecular weight is 299 g/mol. The molecule has 9 heteroatoms. The highest BCUT2D eigenvalue weighted by atomic mass is 16.5. The van der Waals surface area contributed by atoms with Crippen molar-refractivity contribution in [3.8, 4) is 11.8 Å². The molecule has 9 nitrogen and oxygen atoms in total. The molecule has 0 aliphatic heterocycles. The monoisotopic (exact) mass is 299 g/mol. The van der Waals surface area contributed by atoms with E-state index in [4.69, 9.17) is 20.3 Å². The minimum atomic E-state index is -0.972. The van der Waals surface area contributed by atoms with Crippen molar-refractivity contribution in [3.63, 3.8) is 0 Å². The van der Waals surface area contributed by atoms with Crippen molar-refractivity contribution in [2.24, 2.45) is 0 Å². The van der Waals surface area contributed by atoms with Crippen LogP contribution in [0.3, 0.4) is 0 Å². The molecular weight excluding hydrogens is 278 g/mol. The first-order valence-corrected chi connectivity index (χ1v) is 6.39. The van der Waals surface area contributed by atoms with Crippen LogP contribution in [0.1, 0.15) is 13.8 Å². The van der Waals surface area contributed by atoms with Crippen LogP contribution >= 0.6 is 0 Å². The van der Waals surface area contributed by atoms with E-state index < -0.39 is 6.09 Å². The molecule has 21 heavy (non-hydrogen) atoms. The van der Waals surface area contributed by atoms with Crippen LogP contribution in [0, 0.1) is 0 Å². The van der Waals surface area contributed by atoms with Crippen LogP contribution in [0.5, 0.6) is 11.8 Å². The van der Waals surface area contributed by atoms with Crippen molar-refractivity contribution in [2.75, 3.05) is 38.4 Å². The van der Waals surface area contributed by atoms with E-state index in [1.807, 2.05) is 0 Å². The average Bonchev–Trinajstić information content (AvgIpc) is 2.43. The molecule has 0 atom stereocenters. The van der Waals surface area contributed by atoms with Gasteiger partial charge in [-0.05, 0) is 13.8 Å². The van der Waals surface area contributed by atoms with Crippen LogP contribution in [-0.2, 0) is 0 Å². The number of hydrogen-bond donors (Lipinski definition) is 3. The van der Waals surface area contributed by atoms with Crippen LogP contribution in [0.4, 0.5) is 16.4 Å². The number of rotatable bonds is 7. The fraction of sp³-hybridized carbons (Fsp3) is 0.583. The summed E-state index contributed by atoms with van der Waals surface area (Å²) in [5.41, 5.74) is 5.95. The minimum Gasteiger partial charge on any atom is -0.479 e. The summed E-state index contributed by atoms with van der Waals surface area (Å²) in [6.45, 7) is 4.26. The largest absolute Gasteiger partial charge is 0.479 e. The molecule has 0 bridgehead atoms. The molecule has 1 rings (SSSR count). The van der Waals surface area contributed by atoms with Gasteiger partial charge in [-0.25, -0.2) is 4.79 Å². The third kappa shape index (κ3) is 4.26. The van der Waals surface area contributed by atoms with Crippen molar-refractivity contribution < 1.29 is 19.4 Å². The van der Waals surface area contributed by atoms with Gasteiger partial charge in [0.1, 0.15) is 0 Å². The van der Waals surface area contributed by atoms with Crippen LogP contribution in [-0.4, -0.2) is 59.4 Å². The van der Waals surface area contributed by atoms with Gasteiger partial charge in [-0.15, -0.1) is 0 Å². The smallest absolute Gasteiger partial charge is 0.407 e. The number of nitrogen functional groups attached to an aromatic ring is 1. The zero-order chi connectivity index (χ0) is 16.0. The second-order valence-electron chi connectivity index (χ2n) is 4.48. The Bertz CT molecular complexity index is 470. The number of nitrogens with two attached hydrogens (primary N) is 1. The maximum absolute atomic E-state index is 11.0. The lowest BCUT2D eigenvalue weighted by molar-refractivity contribution is 0.134. The van der Waals surface area contributed by atoms with Crippen LogP contribution in [0.2, 0.25) is 0 Å². The highest BCUT2D eigenvalue weighted by Gasteiger charge is 2.16. The number of nitrogens with one attached hydrogen (secondary N) is 1. The predicted octanol–water partition coefficient (Wildman–Crippen LogP) is 0.876. The van der Waals surface area contributed by atoms with Gasteiger partial charge in [-0.1, -0.05) is 0 Å². The Kier molecular flexibility index (Phi) is 5.82. The van der Waals surface area contributed by atoms with Gasteiger partial charge < -0.3 is 30.5 Å². The molecular formula is C12H21N5O4. The van der Waals surface area contributed by atoms with Gasteiger partial charge in [0.25, 0.3) is 0 Å². The maximum Gasteiger partial charge on any atom is 0.407 e. The number of ether oxygens (including phenoxy) is 2. The van der Waals surface area contributed by atoms with E-state index in [2.05, 4.69) is 15.3 Å². The van der Waals surface area contributed by atoms with Gasteiger partial charge in [0, 0.05) is 19.1 Å². The SMILES string of the molecule is COc1nc(NCCN(C(=O)O)C(C)C)nc(OC)c1N. The molecule has 0 aliphatic rings. The molecule has 0 fully saturated rings. The predicted molar refractivity (Wildman–Crippen MR) is 77.9 cm³/mol. The van der Waals surface area contributed by atoms with Gasteiger partial charge in [0.2, 0.25) is 17.7 Å². The second-order valence-corrected chi connectivity index (χ2v) is 4.48. The van der Waals surface area contributed by atoms with E-state index in [1.54, 1.807) is 13.8 Å². The molecule has 4 N–H and O–H groups in total. The Hall–Kier alpha value is -2.45. The van der Waals surface area contributed by atoms with Gasteiger partial charge >= 0.3 is 6.09 Å². The van der Waals surface area contributed by atoms with Gasteiger partial charge in [0.15, 0.2) is 5.69 Å². The first-order valence-electron chi connectivity index (χ1n) is 6.39. The molecule has 0 saturated heterocycles. The summed E-state index contributed by atoms with van der Waals surface area (Å²) in [5.74, 6) is 0.651. The van der Waals surface area contributed by atoms with Gasteiger partial charge in [-0.2, -0.15) is 9.97 Å². The second kappa shape index (κ2) is 7.36. The highest BCUT2D eigenvalue weighted by molar-refractivity contribution is 5.65. The summed E-state index contributed by atoms with van der Waals surface area (Å²) < 4.78 is 10.1. The van der Waals surface area contributed by atoms with E-state index >= 15 is 0 Å². The molecule has 0 unspecified atom stereocenters. The topological polar surface area (TPSA) is 123 Å². The van der Waals surface area contributed by atoms with Crippen molar-refractivity contribution in [1.82, 2.24) is 14.9 Å². The lowest BCUT2D eigenvalue weighted by Gasteiger charge is -2.23. The fourth-order valence-electron chi connectivity index (χ4n) is 1.68. The Morgan fingerprint density at radius 2 is 1.86 bits per heavy atom. The van der Waals surface area contributed by atoms with E-state index in [0.717, 1.165) is 0 Å². The standard InChI is InChI=1S/C12H21N5O4/c1-7(2)17(12(18)19)6-5-14-11-15-9(20-3)8(13)10(16-11)21-4/h7H,5-6,13H2,1-4H3,(H,18,19)(H,14,15,16). The number of amides is 1. The molecule has 0 aromatic carbocycles. The summed E-state index contributed by atoms with van der Waals surface area (Å²) in [5, 5.41) is 12.0. The zero-order valence-electron chi connectivity index (χ0n) is 12.6. The summed E-state index contributed by atoms with van der Waals surface area (Å²) >= 11 is 0. The normalized spacial score (nSPS) is 10.3. The number of carbonyl (C=O) groups is 1.